The maximum Gasteiger partial charge on any atom is 0.0757 e. The van der Waals surface area contributed by atoms with Crippen LogP contribution in [0.2, 0.25) is 0 Å². The first kappa shape index (κ1) is 13.7. The number of aromatic nitrogens is 2. The average Bonchev–Trinajstić information content (AvgIpc) is 2.59. The van der Waals surface area contributed by atoms with Crippen molar-refractivity contribution in [3.63, 3.8) is 0 Å². The fourth-order valence-electron chi connectivity index (χ4n) is 4.08. The predicted molar refractivity (Wildman–Crippen MR) is 99.3 cm³/mol. The smallest absolute Gasteiger partial charge is 0.0757 e. The predicted octanol–water partition coefficient (Wildman–Crippen LogP) is 5.40. The van der Waals surface area contributed by atoms with Crippen molar-refractivity contribution in [1.82, 2.24) is 9.97 Å². The fourth-order valence-corrected chi connectivity index (χ4v) is 4.08. The molecule has 4 aromatic rings. The number of aryl methyl sites for hydroxylation is 1. The molecule has 116 valence electrons. The molecule has 0 amide bonds. The van der Waals surface area contributed by atoms with Gasteiger partial charge < -0.3 is 0 Å². The summed E-state index contributed by atoms with van der Waals surface area (Å²) >= 11 is 0. The number of hydrogen-bond acceptors (Lipinski definition) is 2. The second-order valence-electron chi connectivity index (χ2n) is 7.25. The van der Waals surface area contributed by atoms with Crippen LogP contribution in [0.5, 0.6) is 0 Å². The molecule has 2 heteroatoms. The Hall–Kier alpha value is -2.74. The molecule has 0 saturated heterocycles. The SMILES string of the molecule is Cc1cccc2cc3c(nc12)-c1cccc2cncc(c12)C3(C)C. The van der Waals surface area contributed by atoms with Crippen LogP contribution in [0.1, 0.15) is 30.5 Å². The number of para-hydroxylation sites is 1. The van der Waals surface area contributed by atoms with Crippen LogP contribution in [0, 0.1) is 6.92 Å². The lowest BCUT2D eigenvalue weighted by molar-refractivity contribution is 0.640. The number of fused-ring (bicyclic) bond motifs is 3. The van der Waals surface area contributed by atoms with Gasteiger partial charge in [-0.15, -0.1) is 0 Å². The Kier molecular flexibility index (Phi) is 2.52. The minimum atomic E-state index is -0.110. The van der Waals surface area contributed by atoms with Crippen molar-refractivity contribution in [3.05, 3.63) is 71.5 Å². The highest BCUT2D eigenvalue weighted by molar-refractivity contribution is 6.03. The molecule has 0 saturated carbocycles. The van der Waals surface area contributed by atoms with Crippen LogP contribution in [0.25, 0.3) is 32.9 Å². The lowest BCUT2D eigenvalue weighted by Gasteiger charge is -2.34. The Morgan fingerprint density at radius 1 is 0.875 bits per heavy atom. The van der Waals surface area contributed by atoms with Crippen LogP contribution in [-0.4, -0.2) is 9.97 Å². The average molecular weight is 310 g/mol. The van der Waals surface area contributed by atoms with Gasteiger partial charge in [-0.05, 0) is 35.1 Å². The lowest BCUT2D eigenvalue weighted by atomic mass is 9.70. The molecule has 1 aliphatic carbocycles. The van der Waals surface area contributed by atoms with Gasteiger partial charge in [-0.25, -0.2) is 4.98 Å². The van der Waals surface area contributed by atoms with Gasteiger partial charge in [0.1, 0.15) is 0 Å². The second-order valence-corrected chi connectivity index (χ2v) is 7.25. The summed E-state index contributed by atoms with van der Waals surface area (Å²) in [5.41, 5.74) is 7.13. The van der Waals surface area contributed by atoms with E-state index in [1.54, 1.807) is 0 Å². The van der Waals surface area contributed by atoms with Gasteiger partial charge in [0, 0.05) is 34.1 Å². The molecule has 2 aromatic carbocycles. The van der Waals surface area contributed by atoms with E-state index in [0.29, 0.717) is 0 Å². The summed E-state index contributed by atoms with van der Waals surface area (Å²) in [7, 11) is 0. The fraction of sp³-hybridized carbons (Fsp3) is 0.182. The van der Waals surface area contributed by atoms with Gasteiger partial charge in [0.05, 0.1) is 11.2 Å². The van der Waals surface area contributed by atoms with Crippen LogP contribution < -0.4 is 0 Å². The molecule has 2 nitrogen and oxygen atoms in total. The van der Waals surface area contributed by atoms with Gasteiger partial charge in [-0.1, -0.05) is 50.2 Å². The number of nitrogens with zero attached hydrogens (tertiary/aromatic N) is 2. The van der Waals surface area contributed by atoms with Gasteiger partial charge in [0.2, 0.25) is 0 Å². The maximum atomic E-state index is 5.11. The minimum Gasteiger partial charge on any atom is -0.264 e. The molecule has 0 atom stereocenters. The van der Waals surface area contributed by atoms with Gasteiger partial charge in [-0.2, -0.15) is 0 Å². The first-order valence-electron chi connectivity index (χ1n) is 8.36. The largest absolute Gasteiger partial charge is 0.264 e. The quantitative estimate of drug-likeness (QED) is 0.435. The molecule has 0 radical (unpaired) electrons. The van der Waals surface area contributed by atoms with E-state index >= 15 is 0 Å². The molecular weight excluding hydrogens is 292 g/mol. The van der Waals surface area contributed by atoms with Crippen LogP contribution >= 0.6 is 0 Å². The van der Waals surface area contributed by atoms with E-state index in [-0.39, 0.29) is 5.41 Å². The molecule has 0 N–H and O–H groups in total. The van der Waals surface area contributed by atoms with Crippen LogP contribution in [0.15, 0.2) is 54.9 Å². The Morgan fingerprint density at radius 2 is 1.67 bits per heavy atom. The topological polar surface area (TPSA) is 25.8 Å². The standard InChI is InChI=1S/C22H18N2/c1-13-6-4-7-14-10-17-21(24-20(13)14)16-9-5-8-15-11-23-12-18(19(15)16)22(17,2)3/h4-12H,1-3H3. The summed E-state index contributed by atoms with van der Waals surface area (Å²) in [5.74, 6) is 0. The summed E-state index contributed by atoms with van der Waals surface area (Å²) in [6.45, 7) is 6.69. The van der Waals surface area contributed by atoms with Gasteiger partial charge in [-0.3, -0.25) is 4.98 Å². The Balaban J connectivity index is 2.02. The summed E-state index contributed by atoms with van der Waals surface area (Å²) < 4.78 is 0. The van der Waals surface area contributed by atoms with Crippen molar-refractivity contribution < 1.29 is 0 Å². The van der Waals surface area contributed by atoms with Crippen LogP contribution in [0.4, 0.5) is 0 Å². The minimum absolute atomic E-state index is 0.110. The first-order chi connectivity index (χ1) is 11.6. The summed E-state index contributed by atoms with van der Waals surface area (Å²) in [6, 6.07) is 15.2. The third-order valence-corrected chi connectivity index (χ3v) is 5.43. The van der Waals surface area contributed by atoms with E-state index in [1.165, 1.54) is 38.4 Å². The molecule has 2 heterocycles. The van der Waals surface area contributed by atoms with Crippen molar-refractivity contribution in [2.24, 2.45) is 0 Å². The molecule has 2 aromatic heterocycles. The molecule has 5 rings (SSSR count). The highest BCUT2D eigenvalue weighted by Gasteiger charge is 2.34. The zero-order chi connectivity index (χ0) is 16.5. The maximum absolute atomic E-state index is 5.11. The number of rotatable bonds is 0. The van der Waals surface area contributed by atoms with Crippen LogP contribution in [0.3, 0.4) is 0 Å². The molecule has 24 heavy (non-hydrogen) atoms. The molecule has 0 fully saturated rings. The van der Waals surface area contributed by atoms with Gasteiger partial charge in [0.15, 0.2) is 0 Å². The summed E-state index contributed by atoms with van der Waals surface area (Å²) in [5, 5.41) is 3.70. The van der Waals surface area contributed by atoms with E-state index in [9.17, 15) is 0 Å². The third-order valence-electron chi connectivity index (χ3n) is 5.43. The highest BCUT2D eigenvalue weighted by Crippen LogP contribution is 2.48. The zero-order valence-corrected chi connectivity index (χ0v) is 14.1. The monoisotopic (exact) mass is 310 g/mol. The summed E-state index contributed by atoms with van der Waals surface area (Å²) in [4.78, 5) is 9.60. The van der Waals surface area contributed by atoms with Crippen molar-refractivity contribution in [3.8, 4) is 11.3 Å². The molecule has 0 aliphatic heterocycles. The van der Waals surface area contributed by atoms with Crippen molar-refractivity contribution in [2.45, 2.75) is 26.2 Å². The zero-order valence-electron chi connectivity index (χ0n) is 14.1. The summed E-state index contributed by atoms with van der Waals surface area (Å²) in [6.07, 6.45) is 3.98. The second kappa shape index (κ2) is 4.41. The Morgan fingerprint density at radius 3 is 2.54 bits per heavy atom. The van der Waals surface area contributed by atoms with E-state index in [2.05, 4.69) is 68.2 Å². The lowest BCUT2D eigenvalue weighted by Crippen LogP contribution is -2.24. The number of pyridine rings is 2. The molecule has 0 bridgehead atoms. The Bertz CT molecular complexity index is 1130. The van der Waals surface area contributed by atoms with E-state index in [1.807, 2.05) is 12.4 Å². The van der Waals surface area contributed by atoms with Gasteiger partial charge >= 0.3 is 0 Å². The molecule has 1 aliphatic rings. The highest BCUT2D eigenvalue weighted by atomic mass is 14.7. The molecule has 0 unspecified atom stereocenters. The normalized spacial score (nSPS) is 14.8. The van der Waals surface area contributed by atoms with E-state index in [4.69, 9.17) is 4.98 Å². The van der Waals surface area contributed by atoms with Crippen molar-refractivity contribution in [1.29, 1.82) is 0 Å². The van der Waals surface area contributed by atoms with E-state index in [0.717, 1.165) is 11.2 Å². The van der Waals surface area contributed by atoms with Gasteiger partial charge in [0.25, 0.3) is 0 Å². The Labute approximate surface area is 141 Å². The molecule has 0 spiro atoms. The first-order valence-corrected chi connectivity index (χ1v) is 8.36. The van der Waals surface area contributed by atoms with Crippen molar-refractivity contribution in [2.75, 3.05) is 0 Å². The van der Waals surface area contributed by atoms with E-state index < -0.39 is 0 Å². The number of benzene rings is 2. The van der Waals surface area contributed by atoms with Crippen LogP contribution in [-0.2, 0) is 5.41 Å². The number of hydrogen-bond donors (Lipinski definition) is 0. The molecular formula is C22H18N2. The third kappa shape index (κ3) is 1.60. The van der Waals surface area contributed by atoms with Crippen molar-refractivity contribution >= 4 is 21.7 Å².